The third-order valence-corrected chi connectivity index (χ3v) is 4.71. The molecule has 1 saturated heterocycles. The van der Waals surface area contributed by atoms with E-state index in [0.717, 1.165) is 5.56 Å². The smallest absolute Gasteiger partial charge is 0.277 e. The summed E-state index contributed by atoms with van der Waals surface area (Å²) in [5.74, 6) is -1.17. The SMILES string of the molecule is O=C1NC(=O)C(CCCCCCC(F)CF)(Cc2ccccc2)C(=O)N1. The van der Waals surface area contributed by atoms with Gasteiger partial charge in [-0.25, -0.2) is 13.6 Å². The van der Waals surface area contributed by atoms with Gasteiger partial charge in [-0.1, -0.05) is 56.0 Å². The molecule has 1 heterocycles. The van der Waals surface area contributed by atoms with E-state index in [2.05, 4.69) is 10.6 Å². The number of barbiturate groups is 1. The highest BCUT2D eigenvalue weighted by Gasteiger charge is 2.49. The molecule has 4 amide bonds. The van der Waals surface area contributed by atoms with Crippen LogP contribution in [0, 0.1) is 5.41 Å². The first-order chi connectivity index (χ1) is 12.5. The lowest BCUT2D eigenvalue weighted by Gasteiger charge is -2.34. The van der Waals surface area contributed by atoms with E-state index in [1.165, 1.54) is 0 Å². The van der Waals surface area contributed by atoms with E-state index in [-0.39, 0.29) is 19.3 Å². The Hall–Kier alpha value is -2.31. The number of carbonyl (C=O) groups excluding carboxylic acids is 3. The molecular formula is C19H24F2N2O3. The number of hydrogen-bond acceptors (Lipinski definition) is 3. The van der Waals surface area contributed by atoms with E-state index < -0.39 is 36.1 Å². The van der Waals surface area contributed by atoms with Crippen molar-refractivity contribution in [3.63, 3.8) is 0 Å². The Morgan fingerprint density at radius 3 is 2.15 bits per heavy atom. The lowest BCUT2D eigenvalue weighted by Crippen LogP contribution is -2.63. The largest absolute Gasteiger partial charge is 0.328 e. The van der Waals surface area contributed by atoms with E-state index in [0.29, 0.717) is 25.7 Å². The van der Waals surface area contributed by atoms with Crippen LogP contribution >= 0.6 is 0 Å². The van der Waals surface area contributed by atoms with Crippen LogP contribution in [-0.2, 0) is 16.0 Å². The summed E-state index contributed by atoms with van der Waals surface area (Å²) in [5, 5.41) is 4.39. The van der Waals surface area contributed by atoms with E-state index in [1.54, 1.807) is 0 Å². The quantitative estimate of drug-likeness (QED) is 0.493. The highest BCUT2D eigenvalue weighted by atomic mass is 19.2. The fourth-order valence-electron chi connectivity index (χ4n) is 3.22. The molecule has 0 radical (unpaired) electrons. The van der Waals surface area contributed by atoms with Crippen molar-refractivity contribution in [3.05, 3.63) is 35.9 Å². The van der Waals surface area contributed by atoms with Crippen molar-refractivity contribution in [3.8, 4) is 0 Å². The number of amides is 4. The van der Waals surface area contributed by atoms with Crippen LogP contribution in [0.3, 0.4) is 0 Å². The molecule has 1 atom stereocenters. The Morgan fingerprint density at radius 2 is 1.54 bits per heavy atom. The van der Waals surface area contributed by atoms with Gasteiger partial charge in [-0.15, -0.1) is 0 Å². The van der Waals surface area contributed by atoms with Crippen LogP contribution in [0.4, 0.5) is 13.6 Å². The number of urea groups is 1. The van der Waals surface area contributed by atoms with Gasteiger partial charge in [0.15, 0.2) is 0 Å². The van der Waals surface area contributed by atoms with Crippen LogP contribution in [0.1, 0.15) is 44.1 Å². The van der Waals surface area contributed by atoms with Crippen molar-refractivity contribution < 1.29 is 23.2 Å². The van der Waals surface area contributed by atoms with Gasteiger partial charge in [-0.3, -0.25) is 20.2 Å². The normalized spacial score (nSPS) is 17.5. The monoisotopic (exact) mass is 366 g/mol. The van der Waals surface area contributed by atoms with Crippen molar-refractivity contribution in [1.82, 2.24) is 10.6 Å². The van der Waals surface area contributed by atoms with Crippen molar-refractivity contribution in [1.29, 1.82) is 0 Å². The molecule has 1 fully saturated rings. The summed E-state index contributed by atoms with van der Waals surface area (Å²) in [7, 11) is 0. The lowest BCUT2D eigenvalue weighted by molar-refractivity contribution is -0.145. The predicted molar refractivity (Wildman–Crippen MR) is 92.8 cm³/mol. The van der Waals surface area contributed by atoms with Crippen LogP contribution in [-0.4, -0.2) is 30.7 Å². The summed E-state index contributed by atoms with van der Waals surface area (Å²) < 4.78 is 25.0. The molecule has 7 heteroatoms. The summed E-state index contributed by atoms with van der Waals surface area (Å²) >= 11 is 0. The van der Waals surface area contributed by atoms with Gasteiger partial charge in [0.1, 0.15) is 18.3 Å². The molecule has 26 heavy (non-hydrogen) atoms. The van der Waals surface area contributed by atoms with Crippen LogP contribution in [0.2, 0.25) is 0 Å². The number of nitrogens with one attached hydrogen (secondary N) is 2. The molecule has 1 aromatic rings. The molecule has 1 unspecified atom stereocenters. The fourth-order valence-corrected chi connectivity index (χ4v) is 3.22. The van der Waals surface area contributed by atoms with E-state index in [1.807, 2.05) is 30.3 Å². The minimum absolute atomic E-state index is 0.182. The molecule has 0 saturated carbocycles. The summed E-state index contributed by atoms with van der Waals surface area (Å²) in [6, 6.07) is 8.35. The number of alkyl halides is 2. The highest BCUT2D eigenvalue weighted by Crippen LogP contribution is 2.32. The van der Waals surface area contributed by atoms with Gasteiger partial charge >= 0.3 is 6.03 Å². The molecule has 2 N–H and O–H groups in total. The first-order valence-corrected chi connectivity index (χ1v) is 8.89. The Kier molecular flexibility index (Phi) is 7.24. The van der Waals surface area contributed by atoms with Gasteiger partial charge in [0, 0.05) is 0 Å². The maximum Gasteiger partial charge on any atom is 0.328 e. The zero-order valence-electron chi connectivity index (χ0n) is 14.6. The van der Waals surface area contributed by atoms with Gasteiger partial charge in [0.2, 0.25) is 11.8 Å². The molecule has 1 aromatic carbocycles. The zero-order valence-corrected chi connectivity index (χ0v) is 14.6. The Labute approximate surface area is 151 Å². The number of rotatable bonds is 10. The molecule has 0 aromatic heterocycles. The van der Waals surface area contributed by atoms with Crippen molar-refractivity contribution in [2.75, 3.05) is 6.67 Å². The average Bonchev–Trinajstić information content (AvgIpc) is 2.62. The second-order valence-electron chi connectivity index (χ2n) is 6.69. The number of halogens is 2. The van der Waals surface area contributed by atoms with Crippen LogP contribution < -0.4 is 10.6 Å². The van der Waals surface area contributed by atoms with Gasteiger partial charge in [0.25, 0.3) is 0 Å². The molecule has 1 aliphatic rings. The molecule has 5 nitrogen and oxygen atoms in total. The third-order valence-electron chi connectivity index (χ3n) is 4.71. The Bertz CT molecular complexity index is 617. The third kappa shape index (κ3) is 5.09. The first kappa shape index (κ1) is 20.0. The molecule has 0 aliphatic carbocycles. The van der Waals surface area contributed by atoms with E-state index in [9.17, 15) is 23.2 Å². The molecule has 2 rings (SSSR count). The standard InChI is InChI=1S/C19H24F2N2O3/c20-13-15(21)10-6-1-2-7-11-19(12-14-8-4-3-5-9-14)16(24)22-18(26)23-17(19)25/h3-5,8-9,15H,1-2,6-7,10-13H2,(H2,22,23,24,25,26). The van der Waals surface area contributed by atoms with Gasteiger partial charge in [0.05, 0.1) is 0 Å². The topological polar surface area (TPSA) is 75.3 Å². The van der Waals surface area contributed by atoms with Crippen molar-refractivity contribution in [2.45, 2.75) is 51.1 Å². The second kappa shape index (κ2) is 9.40. The van der Waals surface area contributed by atoms with Crippen molar-refractivity contribution in [2.24, 2.45) is 5.41 Å². The summed E-state index contributed by atoms with van der Waals surface area (Å²) in [6.07, 6.45) is 1.79. The summed E-state index contributed by atoms with van der Waals surface area (Å²) in [4.78, 5) is 36.4. The van der Waals surface area contributed by atoms with Gasteiger partial charge in [-0.05, 0) is 24.8 Å². The summed E-state index contributed by atoms with van der Waals surface area (Å²) in [6.45, 7) is -0.964. The zero-order chi connectivity index (χ0) is 19.0. The van der Waals surface area contributed by atoms with Crippen LogP contribution in [0.25, 0.3) is 0 Å². The van der Waals surface area contributed by atoms with Crippen LogP contribution in [0.5, 0.6) is 0 Å². The molecule has 0 spiro atoms. The minimum Gasteiger partial charge on any atom is -0.277 e. The van der Waals surface area contributed by atoms with Crippen molar-refractivity contribution >= 4 is 17.8 Å². The van der Waals surface area contributed by atoms with Gasteiger partial charge in [-0.2, -0.15) is 0 Å². The molecular weight excluding hydrogens is 342 g/mol. The van der Waals surface area contributed by atoms with E-state index in [4.69, 9.17) is 0 Å². The number of hydrogen-bond donors (Lipinski definition) is 2. The van der Waals surface area contributed by atoms with Crippen LogP contribution in [0.15, 0.2) is 30.3 Å². The maximum absolute atomic E-state index is 12.9. The average molecular weight is 366 g/mol. The number of carbonyl (C=O) groups is 3. The van der Waals surface area contributed by atoms with Gasteiger partial charge < -0.3 is 0 Å². The Morgan fingerprint density at radius 1 is 0.923 bits per heavy atom. The second-order valence-corrected chi connectivity index (χ2v) is 6.69. The maximum atomic E-state index is 12.9. The molecule has 0 bridgehead atoms. The summed E-state index contributed by atoms with van der Waals surface area (Å²) in [5.41, 5.74) is -0.507. The predicted octanol–water partition coefficient (Wildman–Crippen LogP) is 3.23. The molecule has 1 aliphatic heterocycles. The number of unbranched alkanes of at least 4 members (excludes halogenated alkanes) is 3. The Balaban J connectivity index is 1.99. The minimum atomic E-state index is -1.42. The fraction of sp³-hybridized carbons (Fsp3) is 0.526. The lowest BCUT2D eigenvalue weighted by atomic mass is 9.74. The first-order valence-electron chi connectivity index (χ1n) is 8.89. The highest BCUT2D eigenvalue weighted by molar-refractivity contribution is 6.19. The number of benzene rings is 1. The number of imide groups is 2. The molecule has 142 valence electrons. The van der Waals surface area contributed by atoms with E-state index >= 15 is 0 Å².